The van der Waals surface area contributed by atoms with E-state index in [0.29, 0.717) is 0 Å². The molecule has 0 bridgehead atoms. The van der Waals surface area contributed by atoms with Crippen molar-refractivity contribution in [1.82, 2.24) is 0 Å². The molecule has 0 aliphatic carbocycles. The van der Waals surface area contributed by atoms with E-state index in [9.17, 15) is 13.2 Å². The van der Waals surface area contributed by atoms with Crippen LogP contribution in [0.4, 0.5) is 13.2 Å². The number of thiophene rings is 2. The van der Waals surface area contributed by atoms with Gasteiger partial charge in [-0.1, -0.05) is 0 Å². The topological polar surface area (TPSA) is 0 Å². The van der Waals surface area contributed by atoms with E-state index in [-0.39, 0.29) is 6.42 Å². The van der Waals surface area contributed by atoms with Gasteiger partial charge in [-0.15, -0.1) is 22.7 Å². The van der Waals surface area contributed by atoms with Crippen molar-refractivity contribution in [2.24, 2.45) is 0 Å². The lowest BCUT2D eigenvalue weighted by Gasteiger charge is -2.05. The summed E-state index contributed by atoms with van der Waals surface area (Å²) in [6, 6.07) is 0. The van der Waals surface area contributed by atoms with Gasteiger partial charge in [0, 0.05) is 20.7 Å². The third-order valence-electron chi connectivity index (χ3n) is 2.53. The Morgan fingerprint density at radius 1 is 1.19 bits per heavy atom. The van der Waals surface area contributed by atoms with Gasteiger partial charge in [0.15, 0.2) is 0 Å². The van der Waals surface area contributed by atoms with Crippen molar-refractivity contribution in [2.75, 3.05) is 0 Å². The summed E-state index contributed by atoms with van der Waals surface area (Å²) in [5, 5.41) is 2.01. The molecule has 0 N–H and O–H groups in total. The largest absolute Gasteiger partial charge is 0.389 e. The molecule has 0 saturated carbocycles. The SMILES string of the molecule is Cc1sc2c(C)csc2c1CCC(F)(F)F. The minimum atomic E-state index is -4.06. The molecule has 2 heterocycles. The van der Waals surface area contributed by atoms with Gasteiger partial charge in [0.1, 0.15) is 0 Å². The number of hydrogen-bond donors (Lipinski definition) is 0. The van der Waals surface area contributed by atoms with Crippen LogP contribution in [-0.2, 0) is 6.42 Å². The van der Waals surface area contributed by atoms with Crippen LogP contribution in [0.1, 0.15) is 22.4 Å². The van der Waals surface area contributed by atoms with Crippen LogP contribution < -0.4 is 0 Å². The molecule has 88 valence electrons. The van der Waals surface area contributed by atoms with E-state index in [4.69, 9.17) is 0 Å². The first kappa shape index (κ1) is 11.9. The van der Waals surface area contributed by atoms with Crippen LogP contribution >= 0.6 is 22.7 Å². The van der Waals surface area contributed by atoms with Crippen LogP contribution in [0.5, 0.6) is 0 Å². The van der Waals surface area contributed by atoms with Crippen molar-refractivity contribution in [1.29, 1.82) is 0 Å². The second-order valence-corrected chi connectivity index (χ2v) is 5.93. The van der Waals surface area contributed by atoms with Gasteiger partial charge in [-0.05, 0) is 36.8 Å². The van der Waals surface area contributed by atoms with Crippen molar-refractivity contribution in [3.63, 3.8) is 0 Å². The highest BCUT2D eigenvalue weighted by atomic mass is 32.1. The first-order valence-electron chi connectivity index (χ1n) is 4.91. The Bertz CT molecular complexity index is 505. The quantitative estimate of drug-likeness (QED) is 0.710. The summed E-state index contributed by atoms with van der Waals surface area (Å²) < 4.78 is 38.8. The average molecular weight is 264 g/mol. The van der Waals surface area contributed by atoms with Crippen LogP contribution in [0.25, 0.3) is 9.40 Å². The van der Waals surface area contributed by atoms with Gasteiger partial charge in [0.2, 0.25) is 0 Å². The van der Waals surface area contributed by atoms with E-state index < -0.39 is 12.6 Å². The Morgan fingerprint density at radius 3 is 2.50 bits per heavy atom. The fourth-order valence-corrected chi connectivity index (χ4v) is 4.26. The fraction of sp³-hybridized carbons (Fsp3) is 0.455. The highest BCUT2D eigenvalue weighted by Crippen LogP contribution is 2.39. The van der Waals surface area contributed by atoms with Gasteiger partial charge in [0.05, 0.1) is 0 Å². The zero-order valence-corrected chi connectivity index (χ0v) is 10.6. The van der Waals surface area contributed by atoms with Crippen molar-refractivity contribution >= 4 is 32.1 Å². The molecule has 2 aromatic rings. The van der Waals surface area contributed by atoms with Crippen LogP contribution in [-0.4, -0.2) is 6.18 Å². The van der Waals surface area contributed by atoms with Gasteiger partial charge in [-0.3, -0.25) is 0 Å². The van der Waals surface area contributed by atoms with Crippen LogP contribution in [0.15, 0.2) is 5.38 Å². The first-order valence-corrected chi connectivity index (χ1v) is 6.61. The molecule has 16 heavy (non-hydrogen) atoms. The number of aryl methyl sites for hydroxylation is 3. The number of fused-ring (bicyclic) bond motifs is 1. The molecule has 0 atom stereocenters. The van der Waals surface area contributed by atoms with Crippen LogP contribution in [0.2, 0.25) is 0 Å². The lowest BCUT2D eigenvalue weighted by Crippen LogP contribution is -2.08. The maximum absolute atomic E-state index is 12.2. The predicted molar refractivity (Wildman–Crippen MR) is 63.6 cm³/mol. The molecular formula is C11H11F3S2. The van der Waals surface area contributed by atoms with Crippen molar-refractivity contribution in [3.05, 3.63) is 21.4 Å². The van der Waals surface area contributed by atoms with E-state index in [1.807, 2.05) is 19.2 Å². The third-order valence-corrected chi connectivity index (χ3v) is 5.10. The summed E-state index contributed by atoms with van der Waals surface area (Å²) in [5.74, 6) is 0. The van der Waals surface area contributed by atoms with E-state index in [1.165, 1.54) is 5.56 Å². The standard InChI is InChI=1S/C11H11F3S2/c1-6-5-15-10-8(3-4-11(12,13)14)7(2)16-9(6)10/h5H,3-4H2,1-2H3. The number of hydrogen-bond acceptors (Lipinski definition) is 2. The summed E-state index contributed by atoms with van der Waals surface area (Å²) in [7, 11) is 0. The second-order valence-electron chi connectivity index (χ2n) is 3.83. The van der Waals surface area contributed by atoms with Gasteiger partial charge >= 0.3 is 6.18 Å². The molecule has 2 aromatic heterocycles. The molecule has 0 aliphatic rings. The molecule has 0 unspecified atom stereocenters. The van der Waals surface area contributed by atoms with E-state index >= 15 is 0 Å². The summed E-state index contributed by atoms with van der Waals surface area (Å²) in [6.45, 7) is 3.91. The van der Waals surface area contributed by atoms with Crippen molar-refractivity contribution in [2.45, 2.75) is 32.9 Å². The maximum Gasteiger partial charge on any atom is 0.389 e. The summed E-state index contributed by atoms with van der Waals surface area (Å²) >= 11 is 3.16. The number of halogens is 3. The fourth-order valence-electron chi connectivity index (χ4n) is 1.70. The predicted octanol–water partition coefficient (Wildman–Crippen LogP) is 5.07. The molecule has 0 saturated heterocycles. The Balaban J connectivity index is 2.33. The summed E-state index contributed by atoms with van der Waals surface area (Å²) in [6.07, 6.45) is -4.68. The summed E-state index contributed by atoms with van der Waals surface area (Å²) in [5.41, 5.74) is 2.06. The molecule has 0 amide bonds. The van der Waals surface area contributed by atoms with Gasteiger partial charge in [0.25, 0.3) is 0 Å². The zero-order chi connectivity index (χ0) is 11.9. The minimum absolute atomic E-state index is 0.106. The molecule has 2 rings (SSSR count). The van der Waals surface area contributed by atoms with Gasteiger partial charge in [-0.2, -0.15) is 13.2 Å². The molecule has 0 aromatic carbocycles. The number of rotatable bonds is 2. The lowest BCUT2D eigenvalue weighted by atomic mass is 10.1. The van der Waals surface area contributed by atoms with Gasteiger partial charge in [-0.25, -0.2) is 0 Å². The monoisotopic (exact) mass is 264 g/mol. The smallest absolute Gasteiger partial charge is 0.171 e. The molecule has 5 heteroatoms. The second kappa shape index (κ2) is 4.04. The Labute approximate surface area is 99.7 Å². The highest BCUT2D eigenvalue weighted by molar-refractivity contribution is 7.27. The molecule has 0 nitrogen and oxygen atoms in total. The Morgan fingerprint density at radius 2 is 1.88 bits per heavy atom. The molecule has 0 aliphatic heterocycles. The Kier molecular flexibility index (Phi) is 3.01. The van der Waals surface area contributed by atoms with Crippen LogP contribution in [0, 0.1) is 13.8 Å². The molecule has 0 radical (unpaired) electrons. The zero-order valence-electron chi connectivity index (χ0n) is 8.94. The van der Waals surface area contributed by atoms with Crippen LogP contribution in [0.3, 0.4) is 0 Å². The van der Waals surface area contributed by atoms with Gasteiger partial charge < -0.3 is 0 Å². The van der Waals surface area contributed by atoms with Crippen molar-refractivity contribution in [3.8, 4) is 0 Å². The van der Waals surface area contributed by atoms with E-state index in [0.717, 1.165) is 19.8 Å². The normalized spacial score (nSPS) is 12.6. The lowest BCUT2D eigenvalue weighted by molar-refractivity contribution is -0.133. The molecule has 0 fully saturated rings. The average Bonchev–Trinajstić information content (AvgIpc) is 2.63. The highest BCUT2D eigenvalue weighted by Gasteiger charge is 2.27. The summed E-state index contributed by atoms with van der Waals surface area (Å²) in [4.78, 5) is 1.02. The van der Waals surface area contributed by atoms with E-state index in [2.05, 4.69) is 0 Å². The molecule has 0 spiro atoms. The number of alkyl halides is 3. The van der Waals surface area contributed by atoms with Crippen molar-refractivity contribution < 1.29 is 13.2 Å². The first-order chi connectivity index (χ1) is 7.38. The van der Waals surface area contributed by atoms with E-state index in [1.54, 1.807) is 22.7 Å². The third kappa shape index (κ3) is 2.25. The Hall–Kier alpha value is -0.550. The molecular weight excluding hydrogens is 253 g/mol. The minimum Gasteiger partial charge on any atom is -0.171 e. The maximum atomic E-state index is 12.2.